The van der Waals surface area contributed by atoms with Crippen LogP contribution in [-0.2, 0) is 10.0 Å². The summed E-state index contributed by atoms with van der Waals surface area (Å²) in [6.45, 7) is 1.88. The van der Waals surface area contributed by atoms with E-state index in [4.69, 9.17) is 11.6 Å². The summed E-state index contributed by atoms with van der Waals surface area (Å²) in [4.78, 5) is 3.90. The highest BCUT2D eigenvalue weighted by molar-refractivity contribution is 7.89. The first kappa shape index (κ1) is 10.9. The van der Waals surface area contributed by atoms with E-state index in [9.17, 15) is 8.42 Å². The van der Waals surface area contributed by atoms with Gasteiger partial charge in [0.2, 0.25) is 10.0 Å². The molecule has 1 saturated carbocycles. The Labute approximate surface area is 93.7 Å². The predicted molar refractivity (Wildman–Crippen MR) is 57.2 cm³/mol. The summed E-state index contributed by atoms with van der Waals surface area (Å²) in [7, 11) is -3.45. The molecule has 0 radical (unpaired) electrons. The minimum Gasteiger partial charge on any atom is -0.244 e. The van der Waals surface area contributed by atoms with Crippen molar-refractivity contribution in [2.24, 2.45) is 0 Å². The molecule has 1 heterocycles. The van der Waals surface area contributed by atoms with Crippen LogP contribution in [0.15, 0.2) is 23.2 Å². The highest BCUT2D eigenvalue weighted by atomic mass is 35.5. The Hall–Kier alpha value is -0.650. The van der Waals surface area contributed by atoms with Gasteiger partial charge in [0, 0.05) is 11.7 Å². The molecule has 1 aliphatic rings. The second-order valence-electron chi connectivity index (χ2n) is 3.98. The zero-order valence-electron chi connectivity index (χ0n) is 8.20. The molecule has 0 unspecified atom stereocenters. The number of halogens is 1. The first-order chi connectivity index (χ1) is 6.91. The monoisotopic (exact) mass is 246 g/mol. The van der Waals surface area contributed by atoms with Crippen molar-refractivity contribution in [3.8, 4) is 0 Å². The molecule has 0 spiro atoms. The molecule has 1 aliphatic carbocycles. The fourth-order valence-electron chi connectivity index (χ4n) is 1.22. The number of sulfonamides is 1. The van der Waals surface area contributed by atoms with Gasteiger partial charge in [-0.15, -0.1) is 0 Å². The van der Waals surface area contributed by atoms with E-state index >= 15 is 0 Å². The van der Waals surface area contributed by atoms with Crippen LogP contribution < -0.4 is 4.72 Å². The fraction of sp³-hybridized carbons (Fsp3) is 0.444. The summed E-state index contributed by atoms with van der Waals surface area (Å²) in [5.41, 5.74) is -0.269. The number of pyridine rings is 1. The van der Waals surface area contributed by atoms with Crippen LogP contribution in [0.25, 0.3) is 0 Å². The topological polar surface area (TPSA) is 59.1 Å². The zero-order chi connectivity index (χ0) is 11.1. The average molecular weight is 247 g/mol. The minimum atomic E-state index is -3.45. The summed E-state index contributed by atoms with van der Waals surface area (Å²) >= 11 is 5.63. The maximum atomic E-state index is 11.8. The number of aromatic nitrogens is 1. The van der Waals surface area contributed by atoms with Gasteiger partial charge in [-0.25, -0.2) is 18.1 Å². The number of rotatable bonds is 3. The van der Waals surface area contributed by atoms with Gasteiger partial charge in [0.25, 0.3) is 0 Å². The van der Waals surface area contributed by atoms with E-state index in [1.165, 1.54) is 18.3 Å². The van der Waals surface area contributed by atoms with E-state index in [2.05, 4.69) is 9.71 Å². The lowest BCUT2D eigenvalue weighted by Crippen LogP contribution is -2.34. The molecule has 6 heteroatoms. The van der Waals surface area contributed by atoms with Gasteiger partial charge in [0.15, 0.2) is 0 Å². The van der Waals surface area contributed by atoms with Gasteiger partial charge < -0.3 is 0 Å². The van der Waals surface area contributed by atoms with E-state index in [-0.39, 0.29) is 15.6 Å². The maximum Gasteiger partial charge on any atom is 0.241 e. The summed E-state index contributed by atoms with van der Waals surface area (Å²) in [5, 5.41) is 0.179. The molecule has 15 heavy (non-hydrogen) atoms. The number of hydrogen-bond acceptors (Lipinski definition) is 3. The minimum absolute atomic E-state index is 0.163. The third-order valence-corrected chi connectivity index (χ3v) is 4.23. The normalized spacial score (nSPS) is 18.8. The Morgan fingerprint density at radius 3 is 2.73 bits per heavy atom. The third kappa shape index (κ3) is 2.48. The molecule has 0 saturated heterocycles. The van der Waals surface area contributed by atoms with Gasteiger partial charge in [-0.2, -0.15) is 0 Å². The molecule has 1 fully saturated rings. The van der Waals surface area contributed by atoms with E-state index in [1.54, 1.807) is 0 Å². The van der Waals surface area contributed by atoms with Crippen LogP contribution >= 0.6 is 11.6 Å². The van der Waals surface area contributed by atoms with Crippen molar-refractivity contribution >= 4 is 21.6 Å². The lowest BCUT2D eigenvalue weighted by atomic mass is 10.4. The van der Waals surface area contributed by atoms with Crippen molar-refractivity contribution in [2.45, 2.75) is 30.2 Å². The fourth-order valence-corrected chi connectivity index (χ4v) is 2.94. The van der Waals surface area contributed by atoms with Gasteiger partial charge >= 0.3 is 0 Å². The third-order valence-electron chi connectivity index (χ3n) is 2.39. The van der Waals surface area contributed by atoms with Crippen molar-refractivity contribution in [1.82, 2.24) is 9.71 Å². The van der Waals surface area contributed by atoms with Crippen molar-refractivity contribution < 1.29 is 8.42 Å². The summed E-state index contributed by atoms with van der Waals surface area (Å²) < 4.78 is 26.3. The number of nitrogens with zero attached hydrogens (tertiary/aromatic N) is 1. The molecular formula is C9H11ClN2O2S. The second kappa shape index (κ2) is 3.43. The van der Waals surface area contributed by atoms with Crippen LogP contribution in [0.2, 0.25) is 5.15 Å². The maximum absolute atomic E-state index is 11.8. The van der Waals surface area contributed by atoms with Gasteiger partial charge in [-0.05, 0) is 31.9 Å². The SMILES string of the molecule is CC1(NS(=O)(=O)c2ccnc(Cl)c2)CC1. The van der Waals surface area contributed by atoms with E-state index in [0.717, 1.165) is 12.8 Å². The van der Waals surface area contributed by atoms with Crippen LogP contribution in [0.4, 0.5) is 0 Å². The largest absolute Gasteiger partial charge is 0.244 e. The molecule has 4 nitrogen and oxygen atoms in total. The molecule has 0 amide bonds. The van der Waals surface area contributed by atoms with Crippen molar-refractivity contribution in [2.75, 3.05) is 0 Å². The van der Waals surface area contributed by atoms with Crippen molar-refractivity contribution in [1.29, 1.82) is 0 Å². The highest BCUT2D eigenvalue weighted by Gasteiger charge is 2.41. The summed E-state index contributed by atoms with van der Waals surface area (Å²) in [5.74, 6) is 0. The first-order valence-electron chi connectivity index (χ1n) is 4.57. The van der Waals surface area contributed by atoms with Crippen LogP contribution in [0.5, 0.6) is 0 Å². The van der Waals surface area contributed by atoms with Crippen LogP contribution in [-0.4, -0.2) is 18.9 Å². The van der Waals surface area contributed by atoms with Crippen LogP contribution in [0.1, 0.15) is 19.8 Å². The Balaban J connectivity index is 2.29. The van der Waals surface area contributed by atoms with Crippen molar-refractivity contribution in [3.05, 3.63) is 23.5 Å². The Kier molecular flexibility index (Phi) is 2.48. The first-order valence-corrected chi connectivity index (χ1v) is 6.43. The molecule has 0 aromatic carbocycles. The molecule has 1 N–H and O–H groups in total. The second-order valence-corrected chi connectivity index (χ2v) is 6.05. The van der Waals surface area contributed by atoms with E-state index in [1.807, 2.05) is 6.92 Å². The summed E-state index contributed by atoms with van der Waals surface area (Å²) in [6, 6.07) is 2.77. The van der Waals surface area contributed by atoms with E-state index in [0.29, 0.717) is 0 Å². The van der Waals surface area contributed by atoms with Gasteiger partial charge in [0.05, 0.1) is 4.90 Å². The van der Waals surface area contributed by atoms with Crippen molar-refractivity contribution in [3.63, 3.8) is 0 Å². The molecule has 0 bridgehead atoms. The molecule has 0 atom stereocenters. The zero-order valence-corrected chi connectivity index (χ0v) is 9.77. The molecule has 82 valence electrons. The van der Waals surface area contributed by atoms with E-state index < -0.39 is 10.0 Å². The van der Waals surface area contributed by atoms with Crippen LogP contribution in [0.3, 0.4) is 0 Å². The quantitative estimate of drug-likeness (QED) is 0.824. The lowest BCUT2D eigenvalue weighted by Gasteiger charge is -2.11. The van der Waals surface area contributed by atoms with Gasteiger partial charge in [0.1, 0.15) is 5.15 Å². The molecule has 2 rings (SSSR count). The van der Waals surface area contributed by atoms with Gasteiger partial charge in [-0.3, -0.25) is 0 Å². The summed E-state index contributed by atoms with van der Waals surface area (Å²) in [6.07, 6.45) is 3.14. The highest BCUT2D eigenvalue weighted by Crippen LogP contribution is 2.35. The molecule has 0 aliphatic heterocycles. The van der Waals surface area contributed by atoms with Gasteiger partial charge in [-0.1, -0.05) is 11.6 Å². The Morgan fingerprint density at radius 1 is 1.53 bits per heavy atom. The smallest absolute Gasteiger partial charge is 0.241 e. The number of hydrogen-bond donors (Lipinski definition) is 1. The molecule has 1 aromatic rings. The Morgan fingerprint density at radius 2 is 2.20 bits per heavy atom. The average Bonchev–Trinajstić information content (AvgIpc) is 2.82. The Bertz CT molecular complexity index is 483. The standard InChI is InChI=1S/C9H11ClN2O2S/c1-9(3-4-9)12-15(13,14)7-2-5-11-8(10)6-7/h2,5-6,12H,3-4H2,1H3. The lowest BCUT2D eigenvalue weighted by molar-refractivity contribution is 0.558. The predicted octanol–water partition coefficient (Wildman–Crippen LogP) is 1.57. The van der Waals surface area contributed by atoms with Crippen LogP contribution in [0, 0.1) is 0 Å². The molecule has 1 aromatic heterocycles. The number of nitrogens with one attached hydrogen (secondary N) is 1. The molecular weight excluding hydrogens is 236 g/mol.